The van der Waals surface area contributed by atoms with Crippen LogP contribution in [0.3, 0.4) is 0 Å². The minimum atomic E-state index is -0.0307. The van der Waals surface area contributed by atoms with E-state index in [9.17, 15) is 4.79 Å². The number of rotatable bonds is 3. The van der Waals surface area contributed by atoms with Crippen molar-refractivity contribution in [2.24, 2.45) is 0 Å². The normalized spacial score (nSPS) is 19.9. The minimum absolute atomic E-state index is 0.0307. The Bertz CT molecular complexity index is 892. The molecule has 26 heavy (non-hydrogen) atoms. The molecule has 1 saturated heterocycles. The molecule has 1 amide bonds. The van der Waals surface area contributed by atoms with Crippen molar-refractivity contribution in [1.82, 2.24) is 4.57 Å². The fourth-order valence-electron chi connectivity index (χ4n) is 4.08. The Hall–Kier alpha value is -1.85. The van der Waals surface area contributed by atoms with Crippen LogP contribution in [-0.4, -0.2) is 14.8 Å². The maximum Gasteiger partial charge on any atom is 0.270 e. The summed E-state index contributed by atoms with van der Waals surface area (Å²) in [5.41, 5.74) is 4.48. The van der Waals surface area contributed by atoms with E-state index < -0.39 is 0 Å². The van der Waals surface area contributed by atoms with Crippen molar-refractivity contribution in [2.45, 2.75) is 45.6 Å². The highest BCUT2D eigenvalue weighted by molar-refractivity contribution is 8.27. The summed E-state index contributed by atoms with van der Waals surface area (Å²) in [4.78, 5) is 15.2. The highest BCUT2D eigenvalue weighted by atomic mass is 32.2. The number of thioether (sulfide) groups is 1. The van der Waals surface area contributed by atoms with Gasteiger partial charge < -0.3 is 4.57 Å². The number of carbonyl (C=O) groups excluding carboxylic acids is 1. The van der Waals surface area contributed by atoms with Gasteiger partial charge in [-0.3, -0.25) is 9.69 Å². The van der Waals surface area contributed by atoms with Crippen LogP contribution in [-0.2, 0) is 4.79 Å². The van der Waals surface area contributed by atoms with Gasteiger partial charge in [-0.25, -0.2) is 0 Å². The van der Waals surface area contributed by atoms with Crippen molar-refractivity contribution in [3.8, 4) is 0 Å². The van der Waals surface area contributed by atoms with Crippen LogP contribution in [0.1, 0.15) is 48.7 Å². The highest BCUT2D eigenvalue weighted by Gasteiger charge is 2.33. The molecule has 0 unspecified atom stereocenters. The van der Waals surface area contributed by atoms with Crippen molar-refractivity contribution < 1.29 is 4.79 Å². The van der Waals surface area contributed by atoms with E-state index in [0.717, 1.165) is 11.3 Å². The molecular formula is C21H22N2OS2. The molecule has 4 rings (SSSR count). The second kappa shape index (κ2) is 7.05. The van der Waals surface area contributed by atoms with Gasteiger partial charge >= 0.3 is 0 Å². The van der Waals surface area contributed by atoms with Crippen molar-refractivity contribution in [3.05, 3.63) is 58.3 Å². The number of aromatic nitrogens is 1. The maximum absolute atomic E-state index is 12.9. The molecule has 3 nitrogen and oxygen atoms in total. The van der Waals surface area contributed by atoms with Crippen molar-refractivity contribution in [1.29, 1.82) is 0 Å². The van der Waals surface area contributed by atoms with E-state index in [2.05, 4.69) is 24.5 Å². The summed E-state index contributed by atoms with van der Waals surface area (Å²) in [6, 6.07) is 12.4. The van der Waals surface area contributed by atoms with E-state index in [-0.39, 0.29) is 5.91 Å². The lowest BCUT2D eigenvalue weighted by atomic mass is 10.2. The van der Waals surface area contributed by atoms with Crippen molar-refractivity contribution in [2.75, 3.05) is 4.90 Å². The second-order valence-electron chi connectivity index (χ2n) is 6.99. The van der Waals surface area contributed by atoms with Crippen LogP contribution in [0.5, 0.6) is 0 Å². The second-order valence-corrected chi connectivity index (χ2v) is 8.66. The molecule has 1 aliphatic carbocycles. The average Bonchev–Trinajstić information content (AvgIpc) is 3.30. The fraction of sp³-hybridized carbons (Fsp3) is 0.333. The molecule has 5 heteroatoms. The van der Waals surface area contributed by atoms with Gasteiger partial charge in [-0.15, -0.1) is 0 Å². The Labute approximate surface area is 164 Å². The zero-order chi connectivity index (χ0) is 18.3. The molecule has 2 aromatic rings. The van der Waals surface area contributed by atoms with E-state index in [1.165, 1.54) is 48.8 Å². The van der Waals surface area contributed by atoms with Gasteiger partial charge in [-0.2, -0.15) is 0 Å². The first-order valence-corrected chi connectivity index (χ1v) is 10.3. The zero-order valence-corrected chi connectivity index (χ0v) is 16.7. The van der Waals surface area contributed by atoms with Crippen molar-refractivity contribution in [3.63, 3.8) is 0 Å². The summed E-state index contributed by atoms with van der Waals surface area (Å²) in [6.45, 7) is 4.33. The van der Waals surface area contributed by atoms with Gasteiger partial charge in [0.25, 0.3) is 5.91 Å². The van der Waals surface area contributed by atoms with E-state index in [4.69, 9.17) is 12.2 Å². The molecule has 134 valence electrons. The number of para-hydroxylation sites is 1. The summed E-state index contributed by atoms with van der Waals surface area (Å²) < 4.78 is 3.05. The topological polar surface area (TPSA) is 25.2 Å². The van der Waals surface area contributed by atoms with Crippen LogP contribution in [0, 0.1) is 13.8 Å². The third kappa shape index (κ3) is 3.03. The Kier molecular flexibility index (Phi) is 4.76. The van der Waals surface area contributed by atoms with Gasteiger partial charge in [0, 0.05) is 17.4 Å². The number of nitrogens with zero attached hydrogens (tertiary/aromatic N) is 2. The van der Waals surface area contributed by atoms with E-state index >= 15 is 0 Å². The molecular weight excluding hydrogens is 360 g/mol. The van der Waals surface area contributed by atoms with Gasteiger partial charge in [0.15, 0.2) is 4.32 Å². The standard InChI is InChI=1S/C21H22N2OS2/c1-14-12-16(15(2)22(14)17-10-6-7-11-17)13-19-20(24)23(21(25)26-19)18-8-4-3-5-9-18/h3-5,8-9,12-13,17H,6-7,10-11H2,1-2H3/b19-13-. The molecule has 2 aliphatic rings. The zero-order valence-electron chi connectivity index (χ0n) is 15.1. The fourth-order valence-corrected chi connectivity index (χ4v) is 5.37. The van der Waals surface area contributed by atoms with Crippen LogP contribution in [0.4, 0.5) is 5.69 Å². The molecule has 0 spiro atoms. The Morgan fingerprint density at radius 2 is 1.85 bits per heavy atom. The highest BCUT2D eigenvalue weighted by Crippen LogP contribution is 2.38. The third-order valence-electron chi connectivity index (χ3n) is 5.31. The lowest BCUT2D eigenvalue weighted by Gasteiger charge is -2.17. The van der Waals surface area contributed by atoms with Gasteiger partial charge in [-0.1, -0.05) is 55.0 Å². The molecule has 1 aromatic carbocycles. The van der Waals surface area contributed by atoms with Gasteiger partial charge in [-0.05, 0) is 56.5 Å². The minimum Gasteiger partial charge on any atom is -0.346 e. The van der Waals surface area contributed by atoms with E-state index in [0.29, 0.717) is 15.3 Å². The predicted molar refractivity (Wildman–Crippen MR) is 114 cm³/mol. The number of anilines is 1. The lowest BCUT2D eigenvalue weighted by Crippen LogP contribution is -2.27. The predicted octanol–water partition coefficient (Wildman–Crippen LogP) is 5.63. The first-order chi connectivity index (χ1) is 12.6. The van der Waals surface area contributed by atoms with Gasteiger partial charge in [0.2, 0.25) is 0 Å². The SMILES string of the molecule is Cc1cc(/C=C2\SC(=S)N(c3ccccc3)C2=O)c(C)n1C1CCCC1. The number of aryl methyl sites for hydroxylation is 1. The molecule has 2 heterocycles. The average molecular weight is 383 g/mol. The van der Waals surface area contributed by atoms with E-state index in [1.54, 1.807) is 4.90 Å². The largest absolute Gasteiger partial charge is 0.346 e. The first kappa shape index (κ1) is 17.6. The number of thiocarbonyl (C=S) groups is 1. The quantitative estimate of drug-likeness (QED) is 0.508. The number of hydrogen-bond acceptors (Lipinski definition) is 3. The number of hydrogen-bond donors (Lipinski definition) is 0. The van der Waals surface area contributed by atoms with Crippen molar-refractivity contribution >= 4 is 46.0 Å². The van der Waals surface area contributed by atoms with Crippen LogP contribution >= 0.6 is 24.0 Å². The monoisotopic (exact) mass is 382 g/mol. The molecule has 2 fully saturated rings. The maximum atomic E-state index is 12.9. The molecule has 0 bridgehead atoms. The molecule has 1 aromatic heterocycles. The number of amides is 1. The van der Waals surface area contributed by atoms with Crippen LogP contribution in [0.25, 0.3) is 6.08 Å². The first-order valence-electron chi connectivity index (χ1n) is 9.07. The third-order valence-corrected chi connectivity index (χ3v) is 6.61. The summed E-state index contributed by atoms with van der Waals surface area (Å²) in [6.07, 6.45) is 7.15. The van der Waals surface area contributed by atoms with E-state index in [1.807, 2.05) is 36.4 Å². The van der Waals surface area contributed by atoms with Crippen LogP contribution < -0.4 is 4.90 Å². The molecule has 1 aliphatic heterocycles. The summed E-state index contributed by atoms with van der Waals surface area (Å²) in [5, 5.41) is 0. The summed E-state index contributed by atoms with van der Waals surface area (Å²) >= 11 is 6.85. The Morgan fingerprint density at radius 1 is 1.15 bits per heavy atom. The Balaban J connectivity index is 1.66. The number of benzene rings is 1. The van der Waals surface area contributed by atoms with Gasteiger partial charge in [0.05, 0.1) is 10.6 Å². The summed E-state index contributed by atoms with van der Waals surface area (Å²) in [5.74, 6) is -0.0307. The van der Waals surface area contributed by atoms with Crippen LogP contribution in [0.15, 0.2) is 41.3 Å². The van der Waals surface area contributed by atoms with Crippen LogP contribution in [0.2, 0.25) is 0 Å². The molecule has 0 radical (unpaired) electrons. The summed E-state index contributed by atoms with van der Waals surface area (Å²) in [7, 11) is 0. The lowest BCUT2D eigenvalue weighted by molar-refractivity contribution is -0.113. The smallest absolute Gasteiger partial charge is 0.270 e. The van der Waals surface area contributed by atoms with Gasteiger partial charge in [0.1, 0.15) is 0 Å². The number of carbonyl (C=O) groups is 1. The molecule has 0 N–H and O–H groups in total. The Morgan fingerprint density at radius 3 is 2.54 bits per heavy atom. The molecule has 0 atom stereocenters. The molecule has 1 saturated carbocycles.